The second-order valence-corrected chi connectivity index (χ2v) is 7.09. The SMILES string of the molecule is O=C1Cc2cc(CNS(=O)(=O)Cc3ccccc3)ccc2N1. The topological polar surface area (TPSA) is 75.3 Å². The van der Waals surface area contributed by atoms with Crippen molar-refractivity contribution >= 4 is 21.6 Å². The second-order valence-electron chi connectivity index (χ2n) is 5.28. The van der Waals surface area contributed by atoms with E-state index in [2.05, 4.69) is 10.0 Å². The maximum absolute atomic E-state index is 12.1. The lowest BCUT2D eigenvalue weighted by Gasteiger charge is -2.08. The van der Waals surface area contributed by atoms with Gasteiger partial charge in [-0.2, -0.15) is 0 Å². The highest BCUT2D eigenvalue weighted by molar-refractivity contribution is 7.88. The Balaban J connectivity index is 1.65. The minimum Gasteiger partial charge on any atom is -0.326 e. The normalized spacial score (nSPS) is 13.7. The van der Waals surface area contributed by atoms with Gasteiger partial charge in [-0.1, -0.05) is 42.5 Å². The molecule has 2 aromatic carbocycles. The molecule has 0 saturated carbocycles. The zero-order valence-electron chi connectivity index (χ0n) is 11.9. The van der Waals surface area contributed by atoms with E-state index in [-0.39, 0.29) is 18.2 Å². The Hall–Kier alpha value is -2.18. The summed E-state index contributed by atoms with van der Waals surface area (Å²) in [7, 11) is -3.39. The highest BCUT2D eigenvalue weighted by Gasteiger charge is 2.18. The molecule has 0 aromatic heterocycles. The van der Waals surface area contributed by atoms with Crippen LogP contribution < -0.4 is 10.0 Å². The molecule has 3 rings (SSSR count). The standard InChI is InChI=1S/C16H16N2O3S/c19-16-9-14-8-13(6-7-15(14)18-16)10-17-22(20,21)11-12-4-2-1-3-5-12/h1-8,17H,9-11H2,(H,18,19). The molecule has 0 unspecified atom stereocenters. The predicted octanol–water partition coefficient (Wildman–Crippen LogP) is 1.80. The van der Waals surface area contributed by atoms with E-state index in [4.69, 9.17) is 0 Å². The third-order valence-corrected chi connectivity index (χ3v) is 4.79. The van der Waals surface area contributed by atoms with Crippen LogP contribution in [0.2, 0.25) is 0 Å². The van der Waals surface area contributed by atoms with E-state index in [1.54, 1.807) is 18.2 Å². The van der Waals surface area contributed by atoms with Gasteiger partial charge < -0.3 is 5.32 Å². The van der Waals surface area contributed by atoms with Crippen molar-refractivity contribution in [1.29, 1.82) is 0 Å². The number of nitrogens with one attached hydrogen (secondary N) is 2. The lowest BCUT2D eigenvalue weighted by Crippen LogP contribution is -2.24. The summed E-state index contributed by atoms with van der Waals surface area (Å²) < 4.78 is 26.8. The molecular formula is C16H16N2O3S. The van der Waals surface area contributed by atoms with Crippen molar-refractivity contribution in [3.8, 4) is 0 Å². The van der Waals surface area contributed by atoms with Gasteiger partial charge in [0.05, 0.1) is 12.2 Å². The molecule has 0 saturated heterocycles. The monoisotopic (exact) mass is 316 g/mol. The number of rotatable bonds is 5. The maximum atomic E-state index is 12.1. The van der Waals surface area contributed by atoms with Crippen molar-refractivity contribution in [2.75, 3.05) is 5.32 Å². The summed E-state index contributed by atoms with van der Waals surface area (Å²) in [6.07, 6.45) is 0.347. The number of amides is 1. The van der Waals surface area contributed by atoms with Gasteiger partial charge in [-0.15, -0.1) is 0 Å². The minimum absolute atomic E-state index is 0.0307. The molecule has 0 radical (unpaired) electrons. The van der Waals surface area contributed by atoms with Crippen LogP contribution in [0.3, 0.4) is 0 Å². The first kappa shape index (κ1) is 14.7. The molecule has 2 aromatic rings. The van der Waals surface area contributed by atoms with Gasteiger partial charge in [0.1, 0.15) is 0 Å². The van der Waals surface area contributed by atoms with E-state index in [0.29, 0.717) is 6.42 Å². The van der Waals surface area contributed by atoms with E-state index in [1.807, 2.05) is 30.3 Å². The number of anilines is 1. The number of carbonyl (C=O) groups is 1. The van der Waals surface area contributed by atoms with Gasteiger partial charge in [-0.25, -0.2) is 13.1 Å². The first-order chi connectivity index (χ1) is 10.5. The molecular weight excluding hydrogens is 300 g/mol. The Labute approximate surface area is 129 Å². The fourth-order valence-electron chi connectivity index (χ4n) is 2.43. The van der Waals surface area contributed by atoms with Crippen LogP contribution in [0.15, 0.2) is 48.5 Å². The summed E-state index contributed by atoms with van der Waals surface area (Å²) in [4.78, 5) is 11.3. The zero-order valence-corrected chi connectivity index (χ0v) is 12.7. The van der Waals surface area contributed by atoms with E-state index in [9.17, 15) is 13.2 Å². The summed E-state index contributed by atoms with van der Waals surface area (Å²) >= 11 is 0. The number of carbonyl (C=O) groups excluding carboxylic acids is 1. The number of hydrogen-bond acceptors (Lipinski definition) is 3. The van der Waals surface area contributed by atoms with Crippen LogP contribution in [0.25, 0.3) is 0 Å². The van der Waals surface area contributed by atoms with Crippen molar-refractivity contribution in [3.63, 3.8) is 0 Å². The molecule has 1 aliphatic rings. The molecule has 2 N–H and O–H groups in total. The molecule has 22 heavy (non-hydrogen) atoms. The largest absolute Gasteiger partial charge is 0.326 e. The first-order valence-electron chi connectivity index (χ1n) is 6.95. The Morgan fingerprint density at radius 1 is 1.05 bits per heavy atom. The number of hydrogen-bond donors (Lipinski definition) is 2. The van der Waals surface area contributed by atoms with Crippen LogP contribution in [-0.4, -0.2) is 14.3 Å². The summed E-state index contributed by atoms with van der Waals surface area (Å²) in [6.45, 7) is 0.219. The van der Waals surface area contributed by atoms with E-state index < -0.39 is 10.0 Å². The zero-order chi connectivity index (χ0) is 15.6. The smallest absolute Gasteiger partial charge is 0.228 e. The molecule has 1 aliphatic heterocycles. The van der Waals surface area contributed by atoms with Crippen LogP contribution in [-0.2, 0) is 33.5 Å². The summed E-state index contributed by atoms with van der Waals surface area (Å²) in [6, 6.07) is 14.5. The van der Waals surface area contributed by atoms with Gasteiger partial charge in [0.15, 0.2) is 0 Å². The first-order valence-corrected chi connectivity index (χ1v) is 8.60. The lowest BCUT2D eigenvalue weighted by atomic mass is 10.1. The average molecular weight is 316 g/mol. The van der Waals surface area contributed by atoms with Gasteiger partial charge in [0.25, 0.3) is 0 Å². The van der Waals surface area contributed by atoms with Crippen molar-refractivity contribution in [2.24, 2.45) is 0 Å². The Morgan fingerprint density at radius 3 is 2.59 bits per heavy atom. The summed E-state index contributed by atoms with van der Waals surface area (Å²) in [5, 5.41) is 2.75. The number of fused-ring (bicyclic) bond motifs is 1. The third kappa shape index (κ3) is 3.52. The number of sulfonamides is 1. The molecule has 114 valence electrons. The van der Waals surface area contributed by atoms with Crippen LogP contribution in [0.1, 0.15) is 16.7 Å². The quantitative estimate of drug-likeness (QED) is 0.883. The van der Waals surface area contributed by atoms with Gasteiger partial charge in [0, 0.05) is 12.2 Å². The summed E-state index contributed by atoms with van der Waals surface area (Å²) in [5.41, 5.74) is 3.30. The van der Waals surface area contributed by atoms with Crippen LogP contribution in [0.4, 0.5) is 5.69 Å². The molecule has 1 heterocycles. The van der Waals surface area contributed by atoms with Crippen LogP contribution >= 0.6 is 0 Å². The maximum Gasteiger partial charge on any atom is 0.228 e. The molecule has 0 spiro atoms. The van der Waals surface area contributed by atoms with Crippen molar-refractivity contribution in [3.05, 3.63) is 65.2 Å². The number of benzene rings is 2. The highest BCUT2D eigenvalue weighted by Crippen LogP contribution is 2.23. The van der Waals surface area contributed by atoms with Crippen molar-refractivity contribution in [1.82, 2.24) is 4.72 Å². The Kier molecular flexibility index (Phi) is 3.96. The van der Waals surface area contributed by atoms with E-state index in [0.717, 1.165) is 22.4 Å². The third-order valence-electron chi connectivity index (χ3n) is 3.49. The molecule has 0 aliphatic carbocycles. The second kappa shape index (κ2) is 5.90. The Bertz CT molecular complexity index is 801. The lowest BCUT2D eigenvalue weighted by molar-refractivity contribution is -0.115. The molecule has 5 nitrogen and oxygen atoms in total. The van der Waals surface area contributed by atoms with Gasteiger partial charge >= 0.3 is 0 Å². The van der Waals surface area contributed by atoms with Crippen LogP contribution in [0, 0.1) is 0 Å². The van der Waals surface area contributed by atoms with Gasteiger partial charge in [-0.05, 0) is 22.8 Å². The highest BCUT2D eigenvalue weighted by atomic mass is 32.2. The van der Waals surface area contributed by atoms with Gasteiger partial charge in [0.2, 0.25) is 15.9 Å². The Morgan fingerprint density at radius 2 is 1.82 bits per heavy atom. The van der Waals surface area contributed by atoms with Gasteiger partial charge in [-0.3, -0.25) is 4.79 Å². The molecule has 1 amide bonds. The average Bonchev–Trinajstić information content (AvgIpc) is 2.85. The van der Waals surface area contributed by atoms with Crippen molar-refractivity contribution in [2.45, 2.75) is 18.7 Å². The fraction of sp³-hybridized carbons (Fsp3) is 0.188. The molecule has 0 atom stereocenters. The minimum atomic E-state index is -3.39. The van der Waals surface area contributed by atoms with Crippen LogP contribution in [0.5, 0.6) is 0 Å². The predicted molar refractivity (Wildman–Crippen MR) is 84.7 cm³/mol. The van der Waals surface area contributed by atoms with Crippen molar-refractivity contribution < 1.29 is 13.2 Å². The molecule has 0 fully saturated rings. The molecule has 0 bridgehead atoms. The summed E-state index contributed by atoms with van der Waals surface area (Å²) in [5.74, 6) is -0.0736. The van der Waals surface area contributed by atoms with E-state index >= 15 is 0 Å². The molecule has 6 heteroatoms. The van der Waals surface area contributed by atoms with E-state index in [1.165, 1.54) is 0 Å². The fourth-order valence-corrected chi connectivity index (χ4v) is 3.55.